The molecule has 1 aliphatic carbocycles. The van der Waals surface area contributed by atoms with Gasteiger partial charge in [0.15, 0.2) is 5.78 Å². The Morgan fingerprint density at radius 2 is 1.96 bits per heavy atom. The SMILES string of the molecule is CC1CCN(C(=O)c2cc3c([nH]c2=O)CC(C)(C)CC3=O)C(C(=O)O)C1. The highest BCUT2D eigenvalue weighted by molar-refractivity contribution is 6.02. The maximum atomic E-state index is 12.9. The highest BCUT2D eigenvalue weighted by Crippen LogP contribution is 2.33. The van der Waals surface area contributed by atoms with Crippen molar-refractivity contribution in [3.05, 3.63) is 33.2 Å². The molecule has 7 nitrogen and oxygen atoms in total. The van der Waals surface area contributed by atoms with Crippen molar-refractivity contribution in [1.82, 2.24) is 9.88 Å². The number of piperidine rings is 1. The number of aromatic amines is 1. The van der Waals surface area contributed by atoms with Crippen molar-refractivity contribution in [3.8, 4) is 0 Å². The topological polar surface area (TPSA) is 108 Å². The first-order valence-electron chi connectivity index (χ1n) is 8.92. The zero-order chi connectivity index (χ0) is 19.2. The van der Waals surface area contributed by atoms with E-state index >= 15 is 0 Å². The minimum absolute atomic E-state index is 0.108. The summed E-state index contributed by atoms with van der Waals surface area (Å²) in [6, 6.07) is 0.404. The van der Waals surface area contributed by atoms with Crippen LogP contribution in [0, 0.1) is 11.3 Å². The Bertz CT molecular complexity index is 839. The first-order chi connectivity index (χ1) is 12.1. The van der Waals surface area contributed by atoms with E-state index < -0.39 is 23.5 Å². The molecule has 7 heteroatoms. The first kappa shape index (κ1) is 18.4. The van der Waals surface area contributed by atoms with Crippen LogP contribution in [0.5, 0.6) is 0 Å². The van der Waals surface area contributed by atoms with Crippen LogP contribution in [0.2, 0.25) is 0 Å². The van der Waals surface area contributed by atoms with Crippen LogP contribution in [-0.2, 0) is 11.2 Å². The van der Waals surface area contributed by atoms with E-state index in [1.54, 1.807) is 0 Å². The van der Waals surface area contributed by atoms with E-state index in [0.717, 1.165) is 0 Å². The average Bonchev–Trinajstić information content (AvgIpc) is 2.52. The van der Waals surface area contributed by atoms with E-state index in [9.17, 15) is 24.3 Å². The van der Waals surface area contributed by atoms with Gasteiger partial charge in [-0.2, -0.15) is 0 Å². The molecule has 0 aromatic carbocycles. The number of carbonyl (C=O) groups excluding carboxylic acids is 2. The molecule has 2 N–H and O–H groups in total. The molecule has 1 fully saturated rings. The maximum absolute atomic E-state index is 12.9. The highest BCUT2D eigenvalue weighted by Gasteiger charge is 2.37. The lowest BCUT2D eigenvalue weighted by Crippen LogP contribution is -2.51. The zero-order valence-electron chi connectivity index (χ0n) is 15.3. The molecule has 26 heavy (non-hydrogen) atoms. The molecule has 2 aliphatic rings. The molecule has 140 valence electrons. The summed E-state index contributed by atoms with van der Waals surface area (Å²) in [5.74, 6) is -1.60. The maximum Gasteiger partial charge on any atom is 0.326 e. The summed E-state index contributed by atoms with van der Waals surface area (Å²) in [6.07, 6.45) is 1.94. The van der Waals surface area contributed by atoms with Crippen molar-refractivity contribution in [2.45, 2.75) is 52.5 Å². The fourth-order valence-corrected chi connectivity index (χ4v) is 3.96. The summed E-state index contributed by atoms with van der Waals surface area (Å²) >= 11 is 0. The van der Waals surface area contributed by atoms with Crippen molar-refractivity contribution >= 4 is 17.7 Å². The first-order valence-corrected chi connectivity index (χ1v) is 8.92. The second-order valence-corrected chi connectivity index (χ2v) is 8.33. The van der Waals surface area contributed by atoms with Gasteiger partial charge in [0, 0.05) is 24.2 Å². The fraction of sp³-hybridized carbons (Fsp3) is 0.579. The Kier molecular flexibility index (Phi) is 4.50. The number of carbonyl (C=O) groups is 3. The van der Waals surface area contributed by atoms with Gasteiger partial charge in [0.2, 0.25) is 0 Å². The quantitative estimate of drug-likeness (QED) is 0.837. The van der Waals surface area contributed by atoms with Crippen molar-refractivity contribution in [2.24, 2.45) is 11.3 Å². The molecule has 1 amide bonds. The number of carboxylic acid groups (broad SMARTS) is 1. The minimum Gasteiger partial charge on any atom is -0.480 e. The summed E-state index contributed by atoms with van der Waals surface area (Å²) in [6.45, 7) is 6.15. The van der Waals surface area contributed by atoms with Crippen LogP contribution in [0.1, 0.15) is 66.4 Å². The standard InChI is InChI=1S/C19H24N2O5/c1-10-4-5-21(14(6-10)18(25)26)17(24)12-7-11-13(20-16(12)23)8-19(2,3)9-15(11)22/h7,10,14H,4-6,8-9H2,1-3H3,(H,20,23)(H,25,26). The van der Waals surface area contributed by atoms with Crippen molar-refractivity contribution < 1.29 is 19.5 Å². The Hall–Kier alpha value is -2.44. The van der Waals surface area contributed by atoms with Crippen LogP contribution in [0.4, 0.5) is 0 Å². The number of likely N-dealkylation sites (tertiary alicyclic amines) is 1. The molecule has 1 aromatic rings. The second kappa shape index (κ2) is 6.37. The van der Waals surface area contributed by atoms with Gasteiger partial charge >= 0.3 is 5.97 Å². The summed E-state index contributed by atoms with van der Waals surface area (Å²) < 4.78 is 0. The third-order valence-corrected chi connectivity index (χ3v) is 5.36. The summed E-state index contributed by atoms with van der Waals surface area (Å²) in [5, 5.41) is 9.45. The molecule has 2 atom stereocenters. The number of aliphatic carboxylic acids is 1. The predicted octanol–water partition coefficient (Wildman–Crippen LogP) is 1.86. The molecule has 3 rings (SSSR count). The molecule has 2 unspecified atom stereocenters. The highest BCUT2D eigenvalue weighted by atomic mass is 16.4. The van der Waals surface area contributed by atoms with Gasteiger partial charge < -0.3 is 15.0 Å². The average molecular weight is 360 g/mol. The van der Waals surface area contributed by atoms with Crippen LogP contribution in [-0.4, -0.2) is 45.2 Å². The van der Waals surface area contributed by atoms with Crippen LogP contribution in [0.25, 0.3) is 0 Å². The smallest absolute Gasteiger partial charge is 0.326 e. The number of Topliss-reactive ketones (excluding diaryl/α,β-unsaturated/α-hetero) is 1. The number of ketones is 1. The lowest BCUT2D eigenvalue weighted by Gasteiger charge is -2.36. The van der Waals surface area contributed by atoms with Gasteiger partial charge in [-0.3, -0.25) is 14.4 Å². The number of nitrogens with one attached hydrogen (secondary N) is 1. The van der Waals surface area contributed by atoms with E-state index in [0.29, 0.717) is 36.9 Å². The fourth-order valence-electron chi connectivity index (χ4n) is 3.96. The number of rotatable bonds is 2. The van der Waals surface area contributed by atoms with E-state index in [-0.39, 0.29) is 29.2 Å². The number of carboxylic acids is 1. The van der Waals surface area contributed by atoms with Gasteiger partial charge in [0.25, 0.3) is 11.5 Å². The Morgan fingerprint density at radius 3 is 2.62 bits per heavy atom. The summed E-state index contributed by atoms with van der Waals surface area (Å²) in [4.78, 5) is 53.3. The number of pyridine rings is 1. The van der Waals surface area contributed by atoms with E-state index in [4.69, 9.17) is 0 Å². The lowest BCUT2D eigenvalue weighted by atomic mass is 9.75. The van der Waals surface area contributed by atoms with Crippen LogP contribution >= 0.6 is 0 Å². The van der Waals surface area contributed by atoms with Crippen LogP contribution in [0.3, 0.4) is 0 Å². The molecule has 1 saturated heterocycles. The molecule has 1 aliphatic heterocycles. The van der Waals surface area contributed by atoms with Crippen LogP contribution in [0.15, 0.2) is 10.9 Å². The molecule has 0 spiro atoms. The molecule has 0 saturated carbocycles. The number of hydrogen-bond acceptors (Lipinski definition) is 4. The zero-order valence-corrected chi connectivity index (χ0v) is 15.3. The molecular formula is C19H24N2O5. The lowest BCUT2D eigenvalue weighted by molar-refractivity contribution is -0.144. The second-order valence-electron chi connectivity index (χ2n) is 8.33. The van der Waals surface area contributed by atoms with Gasteiger partial charge in [-0.15, -0.1) is 0 Å². The molecule has 1 aromatic heterocycles. The number of nitrogens with zero attached hydrogens (tertiary/aromatic N) is 1. The normalized spacial score (nSPS) is 24.9. The molecule has 2 heterocycles. The number of aromatic nitrogens is 1. The molecule has 0 radical (unpaired) electrons. The van der Waals surface area contributed by atoms with E-state index in [2.05, 4.69) is 4.98 Å². The number of H-pyrrole nitrogens is 1. The van der Waals surface area contributed by atoms with Gasteiger partial charge in [0.1, 0.15) is 11.6 Å². The predicted molar refractivity (Wildman–Crippen MR) is 94.4 cm³/mol. The van der Waals surface area contributed by atoms with Crippen LogP contribution < -0.4 is 5.56 Å². The Morgan fingerprint density at radius 1 is 1.27 bits per heavy atom. The van der Waals surface area contributed by atoms with Gasteiger partial charge in [0.05, 0.1) is 0 Å². The third kappa shape index (κ3) is 3.30. The van der Waals surface area contributed by atoms with Crippen molar-refractivity contribution in [1.29, 1.82) is 0 Å². The number of amides is 1. The molecule has 0 bridgehead atoms. The number of fused-ring (bicyclic) bond motifs is 1. The van der Waals surface area contributed by atoms with Crippen molar-refractivity contribution in [2.75, 3.05) is 6.54 Å². The summed E-state index contributed by atoms with van der Waals surface area (Å²) in [5.41, 5.74) is -0.0466. The monoisotopic (exact) mass is 360 g/mol. The number of hydrogen-bond donors (Lipinski definition) is 2. The Balaban J connectivity index is 1.98. The Labute approximate surface area is 151 Å². The summed E-state index contributed by atoms with van der Waals surface area (Å²) in [7, 11) is 0. The largest absolute Gasteiger partial charge is 0.480 e. The minimum atomic E-state index is -1.07. The molecular weight excluding hydrogens is 336 g/mol. The third-order valence-electron chi connectivity index (χ3n) is 5.36. The van der Waals surface area contributed by atoms with Gasteiger partial charge in [-0.1, -0.05) is 20.8 Å². The van der Waals surface area contributed by atoms with E-state index in [1.165, 1.54) is 11.0 Å². The van der Waals surface area contributed by atoms with E-state index in [1.807, 2.05) is 20.8 Å². The van der Waals surface area contributed by atoms with Gasteiger partial charge in [-0.25, -0.2) is 4.79 Å². The van der Waals surface area contributed by atoms with Gasteiger partial charge in [-0.05, 0) is 36.7 Å². The van der Waals surface area contributed by atoms with Crippen molar-refractivity contribution in [3.63, 3.8) is 0 Å².